The van der Waals surface area contributed by atoms with Crippen molar-refractivity contribution >= 4 is 5.97 Å². The van der Waals surface area contributed by atoms with E-state index in [1.165, 1.54) is 5.57 Å². The molecule has 0 aromatic heterocycles. The molecular weight excluding hydrogens is 152 g/mol. The van der Waals surface area contributed by atoms with Crippen molar-refractivity contribution in [1.82, 2.24) is 0 Å². The van der Waals surface area contributed by atoms with E-state index in [2.05, 4.69) is 6.08 Å². The highest BCUT2D eigenvalue weighted by Crippen LogP contribution is 2.59. The molecule has 0 bridgehead atoms. The number of hydrogen-bond donors (Lipinski definition) is 1. The normalized spacial score (nSPS) is 31.0. The fourth-order valence-corrected chi connectivity index (χ4v) is 1.82. The molecule has 0 spiro atoms. The summed E-state index contributed by atoms with van der Waals surface area (Å²) in [7, 11) is 0. The van der Waals surface area contributed by atoms with Crippen molar-refractivity contribution in [1.29, 1.82) is 0 Å². The molecule has 2 heteroatoms. The van der Waals surface area contributed by atoms with E-state index in [1.54, 1.807) is 0 Å². The molecule has 0 aliphatic heterocycles. The summed E-state index contributed by atoms with van der Waals surface area (Å²) in [6.07, 6.45) is 2.07. The second-order valence-electron chi connectivity index (χ2n) is 4.41. The predicted molar refractivity (Wildman–Crippen MR) is 47.8 cm³/mol. The summed E-state index contributed by atoms with van der Waals surface area (Å²) < 4.78 is 0. The minimum Gasteiger partial charge on any atom is -0.481 e. The van der Waals surface area contributed by atoms with Gasteiger partial charge in [-0.2, -0.15) is 0 Å². The largest absolute Gasteiger partial charge is 0.481 e. The van der Waals surface area contributed by atoms with E-state index in [0.29, 0.717) is 0 Å². The predicted octanol–water partition coefficient (Wildman–Crippen LogP) is 2.31. The Bertz CT molecular complexity index is 234. The standard InChI is InChI=1S/C10H16O2/c1-6(2)5-7-8(9(11)12)10(7,3)4/h5,7-8H,1-4H3,(H,11,12)/t7?,8-/m1/s1. The Morgan fingerprint density at radius 1 is 1.42 bits per heavy atom. The zero-order valence-corrected chi connectivity index (χ0v) is 8.09. The summed E-state index contributed by atoms with van der Waals surface area (Å²) in [6, 6.07) is 0. The van der Waals surface area contributed by atoms with Crippen molar-refractivity contribution in [3.8, 4) is 0 Å². The summed E-state index contributed by atoms with van der Waals surface area (Å²) in [5.41, 5.74) is 1.17. The Hall–Kier alpha value is -0.790. The van der Waals surface area contributed by atoms with E-state index in [0.717, 1.165) is 0 Å². The van der Waals surface area contributed by atoms with Crippen molar-refractivity contribution in [3.63, 3.8) is 0 Å². The van der Waals surface area contributed by atoms with Crippen LogP contribution in [0.3, 0.4) is 0 Å². The summed E-state index contributed by atoms with van der Waals surface area (Å²) in [6.45, 7) is 8.03. The molecule has 1 aliphatic carbocycles. The van der Waals surface area contributed by atoms with E-state index < -0.39 is 5.97 Å². The number of carboxylic acid groups (broad SMARTS) is 1. The van der Waals surface area contributed by atoms with E-state index >= 15 is 0 Å². The first-order chi connectivity index (χ1) is 5.37. The van der Waals surface area contributed by atoms with Crippen LogP contribution in [0.25, 0.3) is 0 Å². The molecule has 1 fully saturated rings. The van der Waals surface area contributed by atoms with Gasteiger partial charge < -0.3 is 5.11 Å². The van der Waals surface area contributed by atoms with Crippen LogP contribution in [-0.2, 0) is 4.79 Å². The molecule has 0 saturated heterocycles. The molecular formula is C10H16O2. The molecule has 1 unspecified atom stereocenters. The lowest BCUT2D eigenvalue weighted by Crippen LogP contribution is -2.02. The highest BCUT2D eigenvalue weighted by Gasteiger charge is 2.60. The van der Waals surface area contributed by atoms with Crippen LogP contribution in [0.2, 0.25) is 0 Å². The van der Waals surface area contributed by atoms with Gasteiger partial charge >= 0.3 is 5.97 Å². The van der Waals surface area contributed by atoms with Crippen LogP contribution in [0.4, 0.5) is 0 Å². The third-order valence-electron chi connectivity index (χ3n) is 2.69. The summed E-state index contributed by atoms with van der Waals surface area (Å²) >= 11 is 0. The maximum atomic E-state index is 10.7. The fraction of sp³-hybridized carbons (Fsp3) is 0.700. The van der Waals surface area contributed by atoms with E-state index in [-0.39, 0.29) is 17.3 Å². The molecule has 68 valence electrons. The van der Waals surface area contributed by atoms with Crippen molar-refractivity contribution in [2.24, 2.45) is 17.3 Å². The Kier molecular flexibility index (Phi) is 2.02. The maximum absolute atomic E-state index is 10.7. The van der Waals surface area contributed by atoms with Gasteiger partial charge in [0.1, 0.15) is 0 Å². The van der Waals surface area contributed by atoms with Crippen LogP contribution in [0.5, 0.6) is 0 Å². The van der Waals surface area contributed by atoms with Crippen LogP contribution in [-0.4, -0.2) is 11.1 Å². The number of carbonyl (C=O) groups is 1. The van der Waals surface area contributed by atoms with Crippen molar-refractivity contribution < 1.29 is 9.90 Å². The number of aliphatic carboxylic acids is 1. The average molecular weight is 168 g/mol. The van der Waals surface area contributed by atoms with Gasteiger partial charge in [-0.1, -0.05) is 25.5 Å². The maximum Gasteiger partial charge on any atom is 0.307 e. The molecule has 0 heterocycles. The fourth-order valence-electron chi connectivity index (χ4n) is 1.82. The van der Waals surface area contributed by atoms with Crippen LogP contribution in [0.1, 0.15) is 27.7 Å². The molecule has 1 saturated carbocycles. The minimum atomic E-state index is -0.664. The topological polar surface area (TPSA) is 37.3 Å². The third kappa shape index (κ3) is 1.38. The van der Waals surface area contributed by atoms with Gasteiger partial charge in [-0.15, -0.1) is 0 Å². The second-order valence-corrected chi connectivity index (χ2v) is 4.41. The van der Waals surface area contributed by atoms with Crippen molar-refractivity contribution in [3.05, 3.63) is 11.6 Å². The summed E-state index contributed by atoms with van der Waals surface area (Å²) in [4.78, 5) is 10.7. The van der Waals surface area contributed by atoms with Crippen molar-refractivity contribution in [2.75, 3.05) is 0 Å². The highest BCUT2D eigenvalue weighted by atomic mass is 16.4. The molecule has 2 atom stereocenters. The zero-order chi connectivity index (χ0) is 9.52. The Morgan fingerprint density at radius 2 is 1.92 bits per heavy atom. The van der Waals surface area contributed by atoms with Crippen LogP contribution >= 0.6 is 0 Å². The van der Waals surface area contributed by atoms with Crippen LogP contribution in [0, 0.1) is 17.3 Å². The summed E-state index contributed by atoms with van der Waals surface area (Å²) in [5.74, 6) is -0.602. The SMILES string of the molecule is CC(C)=CC1[C@H](C(=O)O)C1(C)C. The molecule has 12 heavy (non-hydrogen) atoms. The molecule has 0 aromatic carbocycles. The van der Waals surface area contributed by atoms with Gasteiger partial charge in [-0.3, -0.25) is 4.79 Å². The van der Waals surface area contributed by atoms with Gasteiger partial charge in [0, 0.05) is 0 Å². The number of rotatable bonds is 2. The van der Waals surface area contributed by atoms with Crippen LogP contribution < -0.4 is 0 Å². The molecule has 0 aromatic rings. The lowest BCUT2D eigenvalue weighted by atomic mass is 10.1. The summed E-state index contributed by atoms with van der Waals surface area (Å²) in [5, 5.41) is 8.84. The van der Waals surface area contributed by atoms with E-state index in [1.807, 2.05) is 27.7 Å². The molecule has 0 radical (unpaired) electrons. The van der Waals surface area contributed by atoms with Crippen LogP contribution in [0.15, 0.2) is 11.6 Å². The highest BCUT2D eigenvalue weighted by molar-refractivity contribution is 5.76. The molecule has 1 N–H and O–H groups in total. The van der Waals surface area contributed by atoms with Gasteiger partial charge in [0.25, 0.3) is 0 Å². The second kappa shape index (κ2) is 2.61. The monoisotopic (exact) mass is 168 g/mol. The van der Waals surface area contributed by atoms with Gasteiger partial charge in [-0.05, 0) is 25.2 Å². The van der Waals surface area contributed by atoms with E-state index in [9.17, 15) is 4.79 Å². The van der Waals surface area contributed by atoms with Gasteiger partial charge in [-0.25, -0.2) is 0 Å². The first-order valence-corrected chi connectivity index (χ1v) is 4.25. The number of hydrogen-bond acceptors (Lipinski definition) is 1. The van der Waals surface area contributed by atoms with Gasteiger partial charge in [0.05, 0.1) is 5.92 Å². The molecule has 0 amide bonds. The minimum absolute atomic E-state index is 0.0386. The first-order valence-electron chi connectivity index (χ1n) is 4.25. The Labute approximate surface area is 73.3 Å². The lowest BCUT2D eigenvalue weighted by Gasteiger charge is -1.96. The van der Waals surface area contributed by atoms with Gasteiger partial charge in [0.15, 0.2) is 0 Å². The average Bonchev–Trinajstić information content (AvgIpc) is 2.32. The smallest absolute Gasteiger partial charge is 0.307 e. The lowest BCUT2D eigenvalue weighted by molar-refractivity contribution is -0.139. The zero-order valence-electron chi connectivity index (χ0n) is 8.09. The van der Waals surface area contributed by atoms with Crippen molar-refractivity contribution in [2.45, 2.75) is 27.7 Å². The Balaban J connectivity index is 2.73. The van der Waals surface area contributed by atoms with E-state index in [4.69, 9.17) is 5.11 Å². The number of allylic oxidation sites excluding steroid dienone is 2. The van der Waals surface area contributed by atoms with Gasteiger partial charge in [0.2, 0.25) is 0 Å². The Morgan fingerprint density at radius 3 is 2.17 bits per heavy atom. The molecule has 1 aliphatic rings. The molecule has 1 rings (SSSR count). The first kappa shape index (κ1) is 9.30. The number of carboxylic acids is 1. The third-order valence-corrected chi connectivity index (χ3v) is 2.69. The molecule has 2 nitrogen and oxygen atoms in total. The quantitative estimate of drug-likeness (QED) is 0.642.